The maximum absolute atomic E-state index is 12.8. The molecule has 1 atom stereocenters. The third kappa shape index (κ3) is 4.62. The van der Waals surface area contributed by atoms with Crippen molar-refractivity contribution in [1.82, 2.24) is 4.90 Å². The predicted octanol–water partition coefficient (Wildman–Crippen LogP) is 4.50. The lowest BCUT2D eigenvalue weighted by molar-refractivity contribution is -0.111. The van der Waals surface area contributed by atoms with Gasteiger partial charge in [0.05, 0.1) is 30.0 Å². The lowest BCUT2D eigenvalue weighted by Gasteiger charge is -2.17. The van der Waals surface area contributed by atoms with E-state index in [2.05, 4.69) is 5.32 Å². The maximum Gasteiger partial charge on any atom is 0.261 e. The van der Waals surface area contributed by atoms with Crippen LogP contribution in [0, 0.1) is 0 Å². The Bertz CT molecular complexity index is 1240. The maximum atomic E-state index is 12.8. The van der Waals surface area contributed by atoms with Gasteiger partial charge in [0.15, 0.2) is 0 Å². The van der Waals surface area contributed by atoms with Crippen LogP contribution in [0.4, 0.5) is 5.69 Å². The van der Waals surface area contributed by atoms with Gasteiger partial charge in [-0.3, -0.25) is 19.3 Å². The van der Waals surface area contributed by atoms with E-state index in [1.807, 2.05) is 0 Å². The van der Waals surface area contributed by atoms with Gasteiger partial charge < -0.3 is 19.2 Å². The summed E-state index contributed by atoms with van der Waals surface area (Å²) in [5.74, 6) is 0.627. The summed E-state index contributed by atoms with van der Waals surface area (Å²) in [4.78, 5) is 38.8. The molecule has 3 amide bonds. The second-order valence-corrected chi connectivity index (χ2v) is 8.03. The first-order valence-corrected chi connectivity index (χ1v) is 11.0. The number of benzene rings is 2. The normalized spacial score (nSPS) is 17.4. The van der Waals surface area contributed by atoms with Gasteiger partial charge in [-0.15, -0.1) is 0 Å². The molecule has 3 aromatic rings. The van der Waals surface area contributed by atoms with Crippen LogP contribution in [0.5, 0.6) is 11.5 Å². The third-order valence-electron chi connectivity index (χ3n) is 5.65. The minimum absolute atomic E-state index is 0.0995. The number of furan rings is 1. The average Bonchev–Trinajstić information content (AvgIpc) is 3.59. The average molecular weight is 458 g/mol. The molecule has 1 aromatic heterocycles. The van der Waals surface area contributed by atoms with Crippen molar-refractivity contribution in [2.45, 2.75) is 18.9 Å². The fourth-order valence-electron chi connectivity index (χ4n) is 3.96. The second kappa shape index (κ2) is 9.36. The first-order chi connectivity index (χ1) is 16.6. The first kappa shape index (κ1) is 21.7. The van der Waals surface area contributed by atoms with Crippen molar-refractivity contribution in [3.05, 3.63) is 83.8 Å². The highest BCUT2D eigenvalue weighted by Crippen LogP contribution is 2.30. The second-order valence-electron chi connectivity index (χ2n) is 8.03. The Morgan fingerprint density at radius 3 is 2.59 bits per heavy atom. The molecule has 3 heterocycles. The van der Waals surface area contributed by atoms with Crippen molar-refractivity contribution in [3.8, 4) is 11.5 Å². The first-order valence-electron chi connectivity index (χ1n) is 11.0. The number of anilines is 1. The number of rotatable bonds is 7. The highest BCUT2D eigenvalue weighted by Gasteiger charge is 2.37. The number of ether oxygens (including phenoxy) is 2. The van der Waals surface area contributed by atoms with Gasteiger partial charge in [0.1, 0.15) is 17.3 Å². The van der Waals surface area contributed by atoms with Crippen LogP contribution < -0.4 is 10.1 Å². The molecule has 0 spiro atoms. The minimum atomic E-state index is -0.332. The quantitative estimate of drug-likeness (QED) is 0.414. The van der Waals surface area contributed by atoms with E-state index in [0.29, 0.717) is 40.7 Å². The number of nitrogens with zero attached hydrogens (tertiary/aromatic N) is 1. The smallest absolute Gasteiger partial charge is 0.261 e. The number of carbonyl (C=O) groups excluding carboxylic acids is 3. The van der Waals surface area contributed by atoms with Crippen molar-refractivity contribution < 1.29 is 28.3 Å². The van der Waals surface area contributed by atoms with E-state index in [1.165, 1.54) is 17.2 Å². The van der Waals surface area contributed by atoms with Crippen molar-refractivity contribution in [3.63, 3.8) is 0 Å². The molecule has 0 aliphatic carbocycles. The Morgan fingerprint density at radius 2 is 1.85 bits per heavy atom. The Balaban J connectivity index is 1.22. The molecule has 0 saturated carbocycles. The summed E-state index contributed by atoms with van der Waals surface area (Å²) in [6, 6.07) is 15.2. The molecular weight excluding hydrogens is 436 g/mol. The van der Waals surface area contributed by atoms with Gasteiger partial charge in [0, 0.05) is 18.4 Å². The molecule has 8 nitrogen and oxygen atoms in total. The van der Waals surface area contributed by atoms with Crippen LogP contribution in [0.3, 0.4) is 0 Å². The van der Waals surface area contributed by atoms with E-state index in [4.69, 9.17) is 13.9 Å². The van der Waals surface area contributed by atoms with Crippen LogP contribution in [-0.4, -0.2) is 41.9 Å². The number of amides is 3. The fourth-order valence-corrected chi connectivity index (χ4v) is 3.96. The summed E-state index contributed by atoms with van der Waals surface area (Å²) < 4.78 is 16.6. The summed E-state index contributed by atoms with van der Waals surface area (Å²) in [6.07, 6.45) is 6.18. The molecule has 8 heteroatoms. The molecule has 2 aliphatic heterocycles. The molecule has 1 saturated heterocycles. The number of nitrogens with one attached hydrogen (secondary N) is 1. The Morgan fingerprint density at radius 1 is 1.06 bits per heavy atom. The van der Waals surface area contributed by atoms with Crippen molar-refractivity contribution in [2.24, 2.45) is 0 Å². The van der Waals surface area contributed by atoms with Gasteiger partial charge in [0.2, 0.25) is 5.91 Å². The van der Waals surface area contributed by atoms with Gasteiger partial charge in [-0.2, -0.15) is 0 Å². The molecule has 2 aliphatic rings. The van der Waals surface area contributed by atoms with Crippen molar-refractivity contribution in [2.75, 3.05) is 18.5 Å². The molecule has 1 fully saturated rings. The predicted molar refractivity (Wildman–Crippen MR) is 124 cm³/mol. The van der Waals surface area contributed by atoms with Crippen LogP contribution >= 0.6 is 0 Å². The van der Waals surface area contributed by atoms with Crippen molar-refractivity contribution in [1.29, 1.82) is 0 Å². The van der Waals surface area contributed by atoms with Crippen LogP contribution in [0.2, 0.25) is 0 Å². The standard InChI is InChI=1S/C26H22N2O6/c29-24(12-10-18-3-1-13-32-18)27-17-5-7-19(8-6-17)34-20-9-11-22-23(15-20)26(31)28(25(22)30)16-21-4-2-14-33-21/h1,3,5-13,15,21H,2,4,14,16H2,(H,27,29)/b12-10+. The third-order valence-corrected chi connectivity index (χ3v) is 5.65. The zero-order valence-corrected chi connectivity index (χ0v) is 18.2. The highest BCUT2D eigenvalue weighted by molar-refractivity contribution is 6.21. The fraction of sp³-hybridized carbons (Fsp3) is 0.192. The van der Waals surface area contributed by atoms with E-state index in [-0.39, 0.29) is 30.4 Å². The summed E-state index contributed by atoms with van der Waals surface area (Å²) in [5, 5.41) is 2.75. The van der Waals surface area contributed by atoms with E-state index in [9.17, 15) is 14.4 Å². The topological polar surface area (TPSA) is 98.1 Å². The van der Waals surface area contributed by atoms with Gasteiger partial charge in [-0.1, -0.05) is 0 Å². The van der Waals surface area contributed by atoms with Crippen LogP contribution in [0.15, 0.2) is 71.4 Å². The van der Waals surface area contributed by atoms with E-state index in [0.717, 1.165) is 12.8 Å². The lowest BCUT2D eigenvalue weighted by Crippen LogP contribution is -2.36. The van der Waals surface area contributed by atoms with E-state index < -0.39 is 0 Å². The Labute approximate surface area is 195 Å². The Hall–Kier alpha value is -4.17. The number of fused-ring (bicyclic) bond motifs is 1. The zero-order valence-electron chi connectivity index (χ0n) is 18.2. The molecule has 0 radical (unpaired) electrons. The van der Waals surface area contributed by atoms with E-state index in [1.54, 1.807) is 60.7 Å². The van der Waals surface area contributed by atoms with Gasteiger partial charge in [-0.25, -0.2) is 0 Å². The summed E-state index contributed by atoms with van der Waals surface area (Å²) in [7, 11) is 0. The number of carbonyl (C=O) groups is 3. The molecule has 34 heavy (non-hydrogen) atoms. The van der Waals surface area contributed by atoms with Crippen molar-refractivity contribution >= 4 is 29.5 Å². The molecule has 1 unspecified atom stereocenters. The summed E-state index contributed by atoms with van der Waals surface area (Å²) in [6.45, 7) is 0.933. The van der Waals surface area contributed by atoms with Gasteiger partial charge in [0.25, 0.3) is 11.8 Å². The van der Waals surface area contributed by atoms with Crippen LogP contribution in [-0.2, 0) is 9.53 Å². The van der Waals surface area contributed by atoms with Gasteiger partial charge in [-0.05, 0) is 73.5 Å². The highest BCUT2D eigenvalue weighted by atomic mass is 16.5. The lowest BCUT2D eigenvalue weighted by atomic mass is 10.1. The molecule has 2 aromatic carbocycles. The number of imide groups is 1. The molecule has 1 N–H and O–H groups in total. The molecule has 5 rings (SSSR count). The van der Waals surface area contributed by atoms with E-state index >= 15 is 0 Å². The largest absolute Gasteiger partial charge is 0.465 e. The molecular formula is C26H22N2O6. The monoisotopic (exact) mass is 458 g/mol. The van der Waals surface area contributed by atoms with Gasteiger partial charge >= 0.3 is 0 Å². The zero-order chi connectivity index (χ0) is 23.5. The SMILES string of the molecule is O=C(/C=C/c1ccco1)Nc1ccc(Oc2ccc3c(c2)C(=O)N(CC2CCCO2)C3=O)cc1. The summed E-state index contributed by atoms with van der Waals surface area (Å²) >= 11 is 0. The number of hydrogen-bond donors (Lipinski definition) is 1. The molecule has 172 valence electrons. The minimum Gasteiger partial charge on any atom is -0.465 e. The number of hydrogen-bond acceptors (Lipinski definition) is 6. The van der Waals surface area contributed by atoms with Crippen LogP contribution in [0.1, 0.15) is 39.3 Å². The van der Waals surface area contributed by atoms with Crippen LogP contribution in [0.25, 0.3) is 6.08 Å². The Kier molecular flexibility index (Phi) is 5.97. The molecule has 0 bridgehead atoms. The summed E-state index contributed by atoms with van der Waals surface area (Å²) in [5.41, 5.74) is 1.30.